The lowest BCUT2D eigenvalue weighted by atomic mass is 10.0. The lowest BCUT2D eigenvalue weighted by molar-refractivity contribution is -0.145. The molecule has 17 heavy (non-hydrogen) atoms. The molecule has 2 rings (SSSR count). The summed E-state index contributed by atoms with van der Waals surface area (Å²) in [5, 5.41) is 12.7. The molecule has 1 heterocycles. The van der Waals surface area contributed by atoms with Gasteiger partial charge in [0.05, 0.1) is 0 Å². The molecular weight excluding hydrogens is 218 g/mol. The average Bonchev–Trinajstić information content (AvgIpc) is 3.05. The SMILES string of the molecule is CN1CCN(CC(C)(NC2CC2)C(=O)O)CC1. The molecule has 0 radical (unpaired) electrons. The molecule has 1 aliphatic carbocycles. The molecule has 1 saturated carbocycles. The molecule has 0 aromatic carbocycles. The summed E-state index contributed by atoms with van der Waals surface area (Å²) < 4.78 is 0. The van der Waals surface area contributed by atoms with E-state index in [4.69, 9.17) is 0 Å². The van der Waals surface area contributed by atoms with Crippen molar-refractivity contribution in [1.82, 2.24) is 15.1 Å². The normalized spacial score (nSPS) is 26.7. The van der Waals surface area contributed by atoms with Gasteiger partial charge >= 0.3 is 5.97 Å². The van der Waals surface area contributed by atoms with E-state index in [0.29, 0.717) is 12.6 Å². The number of nitrogens with one attached hydrogen (secondary N) is 1. The Hall–Kier alpha value is -0.650. The lowest BCUT2D eigenvalue weighted by Gasteiger charge is -2.37. The Morgan fingerprint density at radius 1 is 1.35 bits per heavy atom. The fraction of sp³-hybridized carbons (Fsp3) is 0.917. The average molecular weight is 241 g/mol. The van der Waals surface area contributed by atoms with Crippen molar-refractivity contribution in [2.24, 2.45) is 0 Å². The molecular formula is C12H23N3O2. The van der Waals surface area contributed by atoms with Crippen LogP contribution in [0.25, 0.3) is 0 Å². The number of likely N-dealkylation sites (N-methyl/N-ethyl adjacent to an activating group) is 1. The summed E-state index contributed by atoms with van der Waals surface area (Å²) in [6, 6.07) is 0.420. The second-order valence-electron chi connectivity index (χ2n) is 5.64. The van der Waals surface area contributed by atoms with Crippen LogP contribution in [0.1, 0.15) is 19.8 Å². The molecule has 1 atom stereocenters. The van der Waals surface area contributed by atoms with Gasteiger partial charge in [0.1, 0.15) is 5.54 Å². The number of hydrogen-bond donors (Lipinski definition) is 2. The first-order valence-corrected chi connectivity index (χ1v) is 6.41. The first kappa shape index (κ1) is 12.8. The van der Waals surface area contributed by atoms with E-state index in [2.05, 4.69) is 22.2 Å². The van der Waals surface area contributed by atoms with Gasteiger partial charge < -0.3 is 10.0 Å². The zero-order valence-corrected chi connectivity index (χ0v) is 10.8. The number of carboxylic acids is 1. The molecule has 2 N–H and O–H groups in total. The van der Waals surface area contributed by atoms with Crippen molar-refractivity contribution in [3.63, 3.8) is 0 Å². The highest BCUT2D eigenvalue weighted by Gasteiger charge is 2.40. The van der Waals surface area contributed by atoms with Crippen molar-refractivity contribution in [3.05, 3.63) is 0 Å². The van der Waals surface area contributed by atoms with E-state index in [1.165, 1.54) is 0 Å². The van der Waals surface area contributed by atoms with Crippen molar-refractivity contribution >= 4 is 5.97 Å². The van der Waals surface area contributed by atoms with Gasteiger partial charge in [-0.25, -0.2) is 0 Å². The van der Waals surface area contributed by atoms with Gasteiger partial charge in [0.15, 0.2) is 0 Å². The van der Waals surface area contributed by atoms with E-state index in [1.54, 1.807) is 0 Å². The van der Waals surface area contributed by atoms with Crippen LogP contribution in [0.15, 0.2) is 0 Å². The quantitative estimate of drug-likeness (QED) is 0.700. The number of piperazine rings is 1. The fourth-order valence-corrected chi connectivity index (χ4v) is 2.31. The maximum atomic E-state index is 11.4. The second-order valence-corrected chi connectivity index (χ2v) is 5.64. The van der Waals surface area contributed by atoms with Gasteiger partial charge in [0, 0.05) is 38.8 Å². The molecule has 5 heteroatoms. The molecule has 5 nitrogen and oxygen atoms in total. The molecule has 2 aliphatic rings. The maximum Gasteiger partial charge on any atom is 0.324 e. The van der Waals surface area contributed by atoms with Crippen LogP contribution in [0.5, 0.6) is 0 Å². The Balaban J connectivity index is 1.90. The molecule has 1 aliphatic heterocycles. The molecule has 98 valence electrons. The number of carbonyl (C=O) groups is 1. The molecule has 2 fully saturated rings. The van der Waals surface area contributed by atoms with Crippen LogP contribution < -0.4 is 5.32 Å². The van der Waals surface area contributed by atoms with E-state index in [1.807, 2.05) is 6.92 Å². The van der Waals surface area contributed by atoms with Crippen LogP contribution in [0.3, 0.4) is 0 Å². The lowest BCUT2D eigenvalue weighted by Crippen LogP contribution is -2.60. The standard InChI is InChI=1S/C12H23N3O2/c1-12(11(16)17,13-10-3-4-10)9-15-7-5-14(2)6-8-15/h10,13H,3-9H2,1-2H3,(H,16,17). The second kappa shape index (κ2) is 4.92. The van der Waals surface area contributed by atoms with E-state index < -0.39 is 11.5 Å². The predicted molar refractivity (Wildman–Crippen MR) is 66.1 cm³/mol. The van der Waals surface area contributed by atoms with Gasteiger partial charge in [-0.1, -0.05) is 0 Å². The van der Waals surface area contributed by atoms with Gasteiger partial charge in [0.25, 0.3) is 0 Å². The molecule has 0 bridgehead atoms. The number of hydrogen-bond acceptors (Lipinski definition) is 4. The maximum absolute atomic E-state index is 11.4. The van der Waals surface area contributed by atoms with Crippen LogP contribution in [-0.4, -0.2) is 72.2 Å². The Kier molecular flexibility index (Phi) is 3.70. The number of nitrogens with zero attached hydrogens (tertiary/aromatic N) is 2. The summed E-state index contributed by atoms with van der Waals surface area (Å²) in [6.07, 6.45) is 2.23. The van der Waals surface area contributed by atoms with Crippen LogP contribution in [0, 0.1) is 0 Å². The zero-order valence-electron chi connectivity index (χ0n) is 10.8. The van der Waals surface area contributed by atoms with Gasteiger partial charge in [-0.2, -0.15) is 0 Å². The van der Waals surface area contributed by atoms with Gasteiger partial charge in [-0.05, 0) is 26.8 Å². The van der Waals surface area contributed by atoms with Crippen LogP contribution in [0.2, 0.25) is 0 Å². The molecule has 0 aromatic heterocycles. The Morgan fingerprint density at radius 3 is 2.41 bits per heavy atom. The van der Waals surface area contributed by atoms with Gasteiger partial charge in [-0.3, -0.25) is 15.0 Å². The van der Waals surface area contributed by atoms with E-state index in [9.17, 15) is 9.90 Å². The van der Waals surface area contributed by atoms with E-state index in [0.717, 1.165) is 39.0 Å². The summed E-state index contributed by atoms with van der Waals surface area (Å²) >= 11 is 0. The zero-order chi connectivity index (χ0) is 12.5. The third-order valence-electron chi connectivity index (χ3n) is 3.71. The van der Waals surface area contributed by atoms with Crippen molar-refractivity contribution in [2.45, 2.75) is 31.3 Å². The third-order valence-corrected chi connectivity index (χ3v) is 3.71. The van der Waals surface area contributed by atoms with Crippen molar-refractivity contribution in [2.75, 3.05) is 39.8 Å². The smallest absolute Gasteiger partial charge is 0.324 e. The largest absolute Gasteiger partial charge is 0.480 e. The number of rotatable bonds is 5. The molecule has 1 saturated heterocycles. The molecule has 1 unspecified atom stereocenters. The highest BCUT2D eigenvalue weighted by atomic mass is 16.4. The van der Waals surface area contributed by atoms with Crippen LogP contribution in [0.4, 0.5) is 0 Å². The number of aliphatic carboxylic acids is 1. The summed E-state index contributed by atoms with van der Waals surface area (Å²) in [4.78, 5) is 16.0. The minimum Gasteiger partial charge on any atom is -0.480 e. The minimum absolute atomic E-state index is 0.420. The minimum atomic E-state index is -0.795. The Morgan fingerprint density at radius 2 is 1.94 bits per heavy atom. The molecule has 0 aromatic rings. The Bertz CT molecular complexity index is 285. The highest BCUT2D eigenvalue weighted by molar-refractivity contribution is 5.78. The van der Waals surface area contributed by atoms with Crippen molar-refractivity contribution in [1.29, 1.82) is 0 Å². The first-order valence-electron chi connectivity index (χ1n) is 6.41. The van der Waals surface area contributed by atoms with Crippen LogP contribution in [-0.2, 0) is 4.79 Å². The van der Waals surface area contributed by atoms with E-state index >= 15 is 0 Å². The van der Waals surface area contributed by atoms with Gasteiger partial charge in [-0.15, -0.1) is 0 Å². The van der Waals surface area contributed by atoms with Crippen LogP contribution >= 0.6 is 0 Å². The first-order chi connectivity index (χ1) is 7.99. The van der Waals surface area contributed by atoms with Crippen molar-refractivity contribution < 1.29 is 9.90 Å². The third kappa shape index (κ3) is 3.40. The summed E-state index contributed by atoms with van der Waals surface area (Å²) in [6.45, 7) is 6.40. The van der Waals surface area contributed by atoms with Crippen molar-refractivity contribution in [3.8, 4) is 0 Å². The van der Waals surface area contributed by atoms with Gasteiger partial charge in [0.2, 0.25) is 0 Å². The summed E-state index contributed by atoms with van der Waals surface area (Å²) in [5.41, 5.74) is -0.795. The highest BCUT2D eigenvalue weighted by Crippen LogP contribution is 2.23. The monoisotopic (exact) mass is 241 g/mol. The summed E-state index contributed by atoms with van der Waals surface area (Å²) in [7, 11) is 2.11. The van der Waals surface area contributed by atoms with E-state index in [-0.39, 0.29) is 0 Å². The Labute approximate surface area is 103 Å². The topological polar surface area (TPSA) is 55.8 Å². The molecule has 0 amide bonds. The number of carboxylic acid groups (broad SMARTS) is 1. The summed E-state index contributed by atoms with van der Waals surface area (Å²) in [5.74, 6) is -0.733. The fourth-order valence-electron chi connectivity index (χ4n) is 2.31. The molecule has 0 spiro atoms. The predicted octanol–water partition coefficient (Wildman–Crippen LogP) is -0.171.